The third-order valence-corrected chi connectivity index (χ3v) is 4.45. The van der Waals surface area contributed by atoms with E-state index in [1.807, 2.05) is 24.3 Å². The van der Waals surface area contributed by atoms with E-state index in [0.717, 1.165) is 4.90 Å². The summed E-state index contributed by atoms with van der Waals surface area (Å²) < 4.78 is 4.92. The molecular formula is C15H22ClNO3S. The average Bonchev–Trinajstić information content (AvgIpc) is 2.45. The number of carbonyl (C=O) groups is 1. The largest absolute Gasteiger partial charge is 0.388 e. The predicted octanol–water partition coefficient (Wildman–Crippen LogP) is 2.73. The molecule has 0 radical (unpaired) electrons. The Hall–Kier alpha value is -0.750. The van der Waals surface area contributed by atoms with Crippen LogP contribution in [0.2, 0.25) is 5.02 Å². The van der Waals surface area contributed by atoms with Gasteiger partial charge >= 0.3 is 0 Å². The zero-order chi connectivity index (χ0) is 15.7. The lowest BCUT2D eigenvalue weighted by molar-refractivity contribution is -0.122. The molecule has 0 aliphatic heterocycles. The summed E-state index contributed by atoms with van der Waals surface area (Å²) in [6.07, 6.45) is 0.869. The number of amides is 1. The third kappa shape index (κ3) is 7.71. The second kappa shape index (κ2) is 9.30. The van der Waals surface area contributed by atoms with Crippen molar-refractivity contribution in [2.45, 2.75) is 30.3 Å². The molecule has 0 aliphatic carbocycles. The summed E-state index contributed by atoms with van der Waals surface area (Å²) in [5.74, 6) is 0.572. The number of ether oxygens (including phenoxy) is 1. The first kappa shape index (κ1) is 18.3. The maximum atomic E-state index is 11.7. The predicted molar refractivity (Wildman–Crippen MR) is 86.9 cm³/mol. The van der Waals surface area contributed by atoms with Gasteiger partial charge in [0.05, 0.1) is 10.6 Å². The molecule has 1 atom stereocenters. The number of hydrogen-bond donors (Lipinski definition) is 2. The molecule has 0 spiro atoms. The number of methoxy groups -OCH3 is 1. The van der Waals surface area contributed by atoms with Gasteiger partial charge in [-0.2, -0.15) is 0 Å². The van der Waals surface area contributed by atoms with Crippen LogP contribution >= 0.6 is 23.4 Å². The van der Waals surface area contributed by atoms with Crippen LogP contribution in [-0.4, -0.2) is 42.6 Å². The first-order valence-electron chi connectivity index (χ1n) is 6.80. The SMILES string of the molecule is COCCC(C)(O)CNC(=O)CCSc1ccccc1Cl. The molecular weight excluding hydrogens is 310 g/mol. The molecule has 0 aliphatic rings. The van der Waals surface area contributed by atoms with Crippen molar-refractivity contribution in [3.05, 3.63) is 29.3 Å². The van der Waals surface area contributed by atoms with E-state index in [2.05, 4.69) is 5.32 Å². The van der Waals surface area contributed by atoms with Gasteiger partial charge in [-0.05, 0) is 19.1 Å². The minimum absolute atomic E-state index is 0.0766. The number of aliphatic hydroxyl groups is 1. The van der Waals surface area contributed by atoms with E-state index in [9.17, 15) is 9.90 Å². The molecule has 0 bridgehead atoms. The smallest absolute Gasteiger partial charge is 0.220 e. The number of rotatable bonds is 9. The maximum absolute atomic E-state index is 11.7. The highest BCUT2D eigenvalue weighted by atomic mass is 35.5. The van der Waals surface area contributed by atoms with Crippen LogP contribution in [0.1, 0.15) is 19.8 Å². The summed E-state index contributed by atoms with van der Waals surface area (Å²) in [5.41, 5.74) is -0.943. The van der Waals surface area contributed by atoms with E-state index in [1.54, 1.807) is 25.8 Å². The number of benzene rings is 1. The van der Waals surface area contributed by atoms with E-state index >= 15 is 0 Å². The van der Waals surface area contributed by atoms with Crippen molar-refractivity contribution in [1.82, 2.24) is 5.32 Å². The minimum Gasteiger partial charge on any atom is -0.388 e. The molecule has 1 aromatic rings. The Balaban J connectivity index is 2.24. The lowest BCUT2D eigenvalue weighted by atomic mass is 10.0. The number of carbonyl (C=O) groups excluding carboxylic acids is 1. The van der Waals surface area contributed by atoms with Crippen molar-refractivity contribution < 1.29 is 14.6 Å². The van der Waals surface area contributed by atoms with Gasteiger partial charge in [-0.25, -0.2) is 0 Å². The van der Waals surface area contributed by atoms with Gasteiger partial charge in [-0.1, -0.05) is 23.7 Å². The summed E-state index contributed by atoms with van der Waals surface area (Å²) in [6, 6.07) is 7.56. The van der Waals surface area contributed by atoms with Gasteiger partial charge in [0, 0.05) is 43.8 Å². The fraction of sp³-hybridized carbons (Fsp3) is 0.533. The van der Waals surface area contributed by atoms with E-state index in [1.165, 1.54) is 0 Å². The van der Waals surface area contributed by atoms with Gasteiger partial charge in [-0.15, -0.1) is 11.8 Å². The highest BCUT2D eigenvalue weighted by Crippen LogP contribution is 2.26. The normalized spacial score (nSPS) is 13.7. The molecule has 0 saturated carbocycles. The van der Waals surface area contributed by atoms with E-state index < -0.39 is 5.60 Å². The Morgan fingerprint density at radius 2 is 2.19 bits per heavy atom. The van der Waals surface area contributed by atoms with Crippen LogP contribution in [0.25, 0.3) is 0 Å². The van der Waals surface area contributed by atoms with E-state index in [4.69, 9.17) is 16.3 Å². The van der Waals surface area contributed by atoms with Crippen LogP contribution in [0, 0.1) is 0 Å². The molecule has 1 rings (SSSR count). The topological polar surface area (TPSA) is 58.6 Å². The zero-order valence-corrected chi connectivity index (χ0v) is 14.0. The van der Waals surface area contributed by atoms with E-state index in [0.29, 0.717) is 30.2 Å². The van der Waals surface area contributed by atoms with Crippen LogP contribution in [0.5, 0.6) is 0 Å². The second-order valence-corrected chi connectivity index (χ2v) is 6.59. The number of thioether (sulfide) groups is 1. The van der Waals surface area contributed by atoms with Crippen LogP contribution < -0.4 is 5.32 Å². The summed E-state index contributed by atoms with van der Waals surface area (Å²) in [5, 5.41) is 13.5. The monoisotopic (exact) mass is 331 g/mol. The highest BCUT2D eigenvalue weighted by Gasteiger charge is 2.20. The molecule has 6 heteroatoms. The molecule has 1 aromatic carbocycles. The molecule has 0 saturated heterocycles. The third-order valence-electron chi connectivity index (χ3n) is 2.93. The van der Waals surface area contributed by atoms with Crippen molar-refractivity contribution >= 4 is 29.3 Å². The lowest BCUT2D eigenvalue weighted by Gasteiger charge is -2.23. The van der Waals surface area contributed by atoms with Crippen molar-refractivity contribution in [2.24, 2.45) is 0 Å². The average molecular weight is 332 g/mol. The van der Waals surface area contributed by atoms with Crippen LogP contribution in [-0.2, 0) is 9.53 Å². The number of nitrogens with one attached hydrogen (secondary N) is 1. The second-order valence-electron chi connectivity index (χ2n) is 5.05. The molecule has 1 amide bonds. The van der Waals surface area contributed by atoms with Gasteiger partial charge in [0.15, 0.2) is 0 Å². The highest BCUT2D eigenvalue weighted by molar-refractivity contribution is 7.99. The molecule has 1 unspecified atom stereocenters. The van der Waals surface area contributed by atoms with Gasteiger partial charge < -0.3 is 15.2 Å². The Bertz CT molecular complexity index is 454. The van der Waals surface area contributed by atoms with Gasteiger partial charge in [0.2, 0.25) is 5.91 Å². The Kier molecular flexibility index (Phi) is 8.11. The molecule has 0 heterocycles. The van der Waals surface area contributed by atoms with Crippen molar-refractivity contribution in [3.8, 4) is 0 Å². The standard InChI is InChI=1S/C15H22ClNO3S/c1-15(19,8-9-20-2)11-17-14(18)7-10-21-13-6-4-3-5-12(13)16/h3-6,19H,7-11H2,1-2H3,(H,17,18). The van der Waals surface area contributed by atoms with Crippen LogP contribution in [0.4, 0.5) is 0 Å². The molecule has 118 valence electrons. The number of hydrogen-bond acceptors (Lipinski definition) is 4. The molecule has 0 aromatic heterocycles. The minimum atomic E-state index is -0.943. The van der Waals surface area contributed by atoms with Gasteiger partial charge in [-0.3, -0.25) is 4.79 Å². The molecule has 0 fully saturated rings. The van der Waals surface area contributed by atoms with Crippen LogP contribution in [0.15, 0.2) is 29.2 Å². The molecule has 21 heavy (non-hydrogen) atoms. The Labute approximate surface area is 135 Å². The first-order valence-corrected chi connectivity index (χ1v) is 8.16. The van der Waals surface area contributed by atoms with Crippen molar-refractivity contribution in [3.63, 3.8) is 0 Å². The summed E-state index contributed by atoms with van der Waals surface area (Å²) >= 11 is 7.59. The summed E-state index contributed by atoms with van der Waals surface area (Å²) in [6.45, 7) is 2.38. The fourth-order valence-corrected chi connectivity index (χ4v) is 2.79. The van der Waals surface area contributed by atoms with Crippen LogP contribution in [0.3, 0.4) is 0 Å². The summed E-state index contributed by atoms with van der Waals surface area (Å²) in [4.78, 5) is 12.7. The summed E-state index contributed by atoms with van der Waals surface area (Å²) in [7, 11) is 1.58. The Morgan fingerprint density at radius 1 is 1.48 bits per heavy atom. The first-order chi connectivity index (χ1) is 9.94. The van der Waals surface area contributed by atoms with Crippen molar-refractivity contribution in [1.29, 1.82) is 0 Å². The Morgan fingerprint density at radius 3 is 2.86 bits per heavy atom. The van der Waals surface area contributed by atoms with E-state index in [-0.39, 0.29) is 12.5 Å². The van der Waals surface area contributed by atoms with Gasteiger partial charge in [0.25, 0.3) is 0 Å². The molecule has 2 N–H and O–H groups in total. The lowest BCUT2D eigenvalue weighted by Crippen LogP contribution is -2.41. The number of halogens is 1. The fourth-order valence-electron chi connectivity index (χ4n) is 1.60. The van der Waals surface area contributed by atoms with Gasteiger partial charge in [0.1, 0.15) is 0 Å². The molecule has 4 nitrogen and oxygen atoms in total. The maximum Gasteiger partial charge on any atom is 0.220 e. The van der Waals surface area contributed by atoms with Crippen molar-refractivity contribution in [2.75, 3.05) is 26.0 Å². The zero-order valence-electron chi connectivity index (χ0n) is 12.4. The quantitative estimate of drug-likeness (QED) is 0.683.